The summed E-state index contributed by atoms with van der Waals surface area (Å²) in [4.78, 5) is 0. The summed E-state index contributed by atoms with van der Waals surface area (Å²) in [6.07, 6.45) is 3.04. The Labute approximate surface area is 81.7 Å². The highest BCUT2D eigenvalue weighted by atomic mass is 35.5. The van der Waals surface area contributed by atoms with Gasteiger partial charge in [0.15, 0.2) is 0 Å². The third-order valence-electron chi connectivity index (χ3n) is 1.37. The standard InChI is InChI=1S/C6H10ClN3O2S/c1-2-10-4-6(3-8-10)9-13(11,12)5-7/h3-4,9H,2,5H2,1H3. The molecule has 1 heterocycles. The minimum Gasteiger partial charge on any atom is -0.279 e. The van der Waals surface area contributed by atoms with Crippen molar-refractivity contribution in [3.63, 3.8) is 0 Å². The largest absolute Gasteiger partial charge is 0.279 e. The van der Waals surface area contributed by atoms with Gasteiger partial charge in [-0.25, -0.2) is 8.42 Å². The second-order valence-corrected chi connectivity index (χ2v) is 4.72. The van der Waals surface area contributed by atoms with Crippen LogP contribution in [0.1, 0.15) is 6.92 Å². The lowest BCUT2D eigenvalue weighted by molar-refractivity contribution is 0.605. The molecule has 74 valence electrons. The minimum absolute atomic E-state index is 0.433. The maximum atomic E-state index is 11.0. The number of nitrogens with one attached hydrogen (secondary N) is 1. The van der Waals surface area contributed by atoms with Crippen molar-refractivity contribution < 1.29 is 8.42 Å². The summed E-state index contributed by atoms with van der Waals surface area (Å²) in [6, 6.07) is 0. The van der Waals surface area contributed by atoms with Crippen LogP contribution in [0.2, 0.25) is 0 Å². The van der Waals surface area contributed by atoms with Gasteiger partial charge >= 0.3 is 0 Å². The number of alkyl halides is 1. The summed E-state index contributed by atoms with van der Waals surface area (Å²) in [5.41, 5.74) is 0.433. The highest BCUT2D eigenvalue weighted by molar-refractivity contribution is 7.93. The molecule has 0 spiro atoms. The van der Waals surface area contributed by atoms with Crippen molar-refractivity contribution in [2.24, 2.45) is 0 Å². The normalized spacial score (nSPS) is 11.5. The van der Waals surface area contributed by atoms with E-state index in [1.165, 1.54) is 6.20 Å². The van der Waals surface area contributed by atoms with Crippen molar-refractivity contribution >= 4 is 27.3 Å². The Morgan fingerprint density at radius 2 is 2.38 bits per heavy atom. The van der Waals surface area contributed by atoms with Crippen molar-refractivity contribution in [3.8, 4) is 0 Å². The van der Waals surface area contributed by atoms with Crippen LogP contribution in [0.5, 0.6) is 0 Å². The Balaban J connectivity index is 2.75. The van der Waals surface area contributed by atoms with E-state index >= 15 is 0 Å². The highest BCUT2D eigenvalue weighted by Gasteiger charge is 2.08. The summed E-state index contributed by atoms with van der Waals surface area (Å²) in [5.74, 6) is 0. The van der Waals surface area contributed by atoms with Gasteiger partial charge in [-0.3, -0.25) is 9.40 Å². The number of rotatable bonds is 4. The molecule has 1 rings (SSSR count). The molecule has 0 saturated heterocycles. The topological polar surface area (TPSA) is 64.0 Å². The SMILES string of the molecule is CCn1cc(NS(=O)(=O)CCl)cn1. The van der Waals surface area contributed by atoms with Crippen LogP contribution in [0.25, 0.3) is 0 Å². The Morgan fingerprint density at radius 1 is 1.69 bits per heavy atom. The Hall–Kier alpha value is -0.750. The van der Waals surface area contributed by atoms with Crippen LogP contribution in [0.15, 0.2) is 12.4 Å². The fourth-order valence-electron chi connectivity index (χ4n) is 0.796. The molecule has 0 radical (unpaired) electrons. The van der Waals surface area contributed by atoms with E-state index in [0.29, 0.717) is 12.2 Å². The molecular weight excluding hydrogens is 214 g/mol. The van der Waals surface area contributed by atoms with Gasteiger partial charge in [-0.15, -0.1) is 11.6 Å². The monoisotopic (exact) mass is 223 g/mol. The van der Waals surface area contributed by atoms with Crippen molar-refractivity contribution in [1.82, 2.24) is 9.78 Å². The molecule has 0 atom stereocenters. The smallest absolute Gasteiger partial charge is 0.246 e. The fourth-order valence-corrected chi connectivity index (χ4v) is 1.48. The molecule has 13 heavy (non-hydrogen) atoms. The summed E-state index contributed by atoms with van der Waals surface area (Å²) in [7, 11) is -3.41. The predicted molar refractivity (Wildman–Crippen MR) is 51.2 cm³/mol. The second kappa shape index (κ2) is 3.97. The van der Waals surface area contributed by atoms with E-state index in [4.69, 9.17) is 11.6 Å². The van der Waals surface area contributed by atoms with Crippen LogP contribution in [0, 0.1) is 0 Å². The Kier molecular flexibility index (Phi) is 3.16. The van der Waals surface area contributed by atoms with Crippen molar-refractivity contribution in [2.75, 3.05) is 9.93 Å². The maximum Gasteiger partial charge on any atom is 0.246 e. The van der Waals surface area contributed by atoms with Crippen LogP contribution < -0.4 is 4.72 Å². The van der Waals surface area contributed by atoms with E-state index in [0.717, 1.165) is 0 Å². The molecule has 1 N–H and O–H groups in total. The lowest BCUT2D eigenvalue weighted by Gasteiger charge is -1.99. The third-order valence-corrected chi connectivity index (χ3v) is 3.07. The molecule has 0 aromatic carbocycles. The molecule has 0 aliphatic heterocycles. The lowest BCUT2D eigenvalue weighted by Crippen LogP contribution is -2.12. The number of hydrogen-bond acceptors (Lipinski definition) is 3. The molecule has 0 amide bonds. The number of halogens is 1. The van der Waals surface area contributed by atoms with E-state index in [1.54, 1.807) is 10.9 Å². The molecule has 1 aromatic heterocycles. The van der Waals surface area contributed by atoms with E-state index < -0.39 is 15.2 Å². The first-order valence-electron chi connectivity index (χ1n) is 3.66. The van der Waals surface area contributed by atoms with Crippen LogP contribution in [-0.4, -0.2) is 23.4 Å². The predicted octanol–water partition coefficient (Wildman–Crippen LogP) is 0.841. The summed E-state index contributed by atoms with van der Waals surface area (Å²) >= 11 is 5.21. The van der Waals surface area contributed by atoms with Gasteiger partial charge in [0.25, 0.3) is 0 Å². The van der Waals surface area contributed by atoms with Gasteiger partial charge in [-0.05, 0) is 6.92 Å². The third kappa shape index (κ3) is 2.89. The molecule has 0 aliphatic carbocycles. The first kappa shape index (κ1) is 10.3. The lowest BCUT2D eigenvalue weighted by atomic mass is 10.6. The molecule has 7 heteroatoms. The number of nitrogens with zero attached hydrogens (tertiary/aromatic N) is 2. The van der Waals surface area contributed by atoms with Gasteiger partial charge in [0, 0.05) is 12.7 Å². The molecule has 0 fully saturated rings. The first-order chi connectivity index (χ1) is 6.07. The Bertz CT molecular complexity index is 373. The van der Waals surface area contributed by atoms with Crippen LogP contribution in [0.3, 0.4) is 0 Å². The molecule has 0 unspecified atom stereocenters. The molecular formula is C6H10ClN3O2S. The molecule has 0 saturated carbocycles. The van der Waals surface area contributed by atoms with Gasteiger partial charge in [0.2, 0.25) is 10.0 Å². The summed E-state index contributed by atoms with van der Waals surface area (Å²) < 4.78 is 25.9. The zero-order chi connectivity index (χ0) is 9.90. The maximum absolute atomic E-state index is 11.0. The average molecular weight is 224 g/mol. The highest BCUT2D eigenvalue weighted by Crippen LogP contribution is 2.07. The van der Waals surface area contributed by atoms with Crippen LogP contribution in [0.4, 0.5) is 5.69 Å². The zero-order valence-corrected chi connectivity index (χ0v) is 8.64. The number of sulfonamides is 1. The van der Waals surface area contributed by atoms with E-state index in [1.807, 2.05) is 6.92 Å². The number of hydrogen-bond donors (Lipinski definition) is 1. The quantitative estimate of drug-likeness (QED) is 0.770. The van der Waals surface area contributed by atoms with Gasteiger partial charge < -0.3 is 0 Å². The molecule has 5 nitrogen and oxygen atoms in total. The molecule has 1 aromatic rings. The van der Waals surface area contributed by atoms with E-state index in [9.17, 15) is 8.42 Å². The van der Waals surface area contributed by atoms with Gasteiger partial charge in [-0.2, -0.15) is 5.10 Å². The first-order valence-corrected chi connectivity index (χ1v) is 5.85. The van der Waals surface area contributed by atoms with E-state index in [-0.39, 0.29) is 0 Å². The fraction of sp³-hybridized carbons (Fsp3) is 0.500. The van der Waals surface area contributed by atoms with Gasteiger partial charge in [0.1, 0.15) is 5.21 Å². The summed E-state index contributed by atoms with van der Waals surface area (Å²) in [6.45, 7) is 2.61. The number of aromatic nitrogens is 2. The number of anilines is 1. The van der Waals surface area contributed by atoms with Crippen LogP contribution >= 0.6 is 11.6 Å². The van der Waals surface area contributed by atoms with E-state index in [2.05, 4.69) is 9.82 Å². The average Bonchev–Trinajstić information content (AvgIpc) is 2.52. The van der Waals surface area contributed by atoms with Gasteiger partial charge in [-0.1, -0.05) is 0 Å². The van der Waals surface area contributed by atoms with Crippen molar-refractivity contribution in [1.29, 1.82) is 0 Å². The van der Waals surface area contributed by atoms with Crippen LogP contribution in [-0.2, 0) is 16.6 Å². The van der Waals surface area contributed by atoms with Crippen molar-refractivity contribution in [2.45, 2.75) is 13.5 Å². The number of aryl methyl sites for hydroxylation is 1. The molecule has 0 bridgehead atoms. The Morgan fingerprint density at radius 3 is 2.85 bits per heavy atom. The second-order valence-electron chi connectivity index (χ2n) is 2.41. The minimum atomic E-state index is -3.41. The van der Waals surface area contributed by atoms with Crippen molar-refractivity contribution in [3.05, 3.63) is 12.4 Å². The molecule has 0 aliphatic rings. The zero-order valence-electron chi connectivity index (χ0n) is 7.07. The van der Waals surface area contributed by atoms with Gasteiger partial charge in [0.05, 0.1) is 11.9 Å². The summed E-state index contributed by atoms with van der Waals surface area (Å²) in [5, 5.41) is 3.45.